The number of carbonyl (C=O) groups is 1. The number of rotatable bonds is 5. The lowest BCUT2D eigenvalue weighted by atomic mass is 10.2. The Morgan fingerprint density at radius 2 is 2.21 bits per heavy atom. The summed E-state index contributed by atoms with van der Waals surface area (Å²) < 4.78 is 34.4. The SMILES string of the molecule is CCOc1ccc2[nH]c(C(=O)[O-])cc2c1OC(F)F. The molecule has 0 unspecified atom stereocenters. The van der Waals surface area contributed by atoms with Gasteiger partial charge in [-0.1, -0.05) is 0 Å². The first-order valence-electron chi connectivity index (χ1n) is 5.47. The molecule has 19 heavy (non-hydrogen) atoms. The highest BCUT2D eigenvalue weighted by Gasteiger charge is 2.16. The van der Waals surface area contributed by atoms with Gasteiger partial charge in [0.05, 0.1) is 18.3 Å². The predicted octanol–water partition coefficient (Wildman–Crippen LogP) is 1.53. The molecule has 102 valence electrons. The number of aromatic nitrogens is 1. The largest absolute Gasteiger partial charge is 0.543 e. The number of benzene rings is 1. The molecule has 0 aliphatic carbocycles. The molecule has 0 fully saturated rings. The fraction of sp³-hybridized carbons (Fsp3) is 0.250. The Bertz CT molecular complexity index is 609. The highest BCUT2D eigenvalue weighted by Crippen LogP contribution is 2.37. The van der Waals surface area contributed by atoms with Crippen molar-refractivity contribution in [1.29, 1.82) is 0 Å². The van der Waals surface area contributed by atoms with E-state index in [2.05, 4.69) is 9.72 Å². The topological polar surface area (TPSA) is 74.4 Å². The first kappa shape index (κ1) is 13.1. The third-order valence-electron chi connectivity index (χ3n) is 2.44. The number of hydrogen-bond acceptors (Lipinski definition) is 4. The van der Waals surface area contributed by atoms with E-state index in [0.29, 0.717) is 5.52 Å². The van der Waals surface area contributed by atoms with Crippen molar-refractivity contribution < 1.29 is 28.2 Å². The summed E-state index contributed by atoms with van der Waals surface area (Å²) in [4.78, 5) is 13.3. The molecule has 0 aliphatic rings. The van der Waals surface area contributed by atoms with Crippen molar-refractivity contribution in [1.82, 2.24) is 4.98 Å². The molecule has 0 amide bonds. The summed E-state index contributed by atoms with van der Waals surface area (Å²) in [5.74, 6) is -1.51. The average molecular weight is 270 g/mol. The lowest BCUT2D eigenvalue weighted by molar-refractivity contribution is -0.255. The molecule has 2 rings (SSSR count). The second kappa shape index (κ2) is 5.13. The van der Waals surface area contributed by atoms with Crippen LogP contribution in [0, 0.1) is 0 Å². The molecule has 0 radical (unpaired) electrons. The van der Waals surface area contributed by atoms with Gasteiger partial charge in [-0.2, -0.15) is 8.78 Å². The Morgan fingerprint density at radius 3 is 2.79 bits per heavy atom. The van der Waals surface area contributed by atoms with Crippen LogP contribution in [0.5, 0.6) is 11.5 Å². The van der Waals surface area contributed by atoms with Gasteiger partial charge in [0.2, 0.25) is 0 Å². The number of hydrogen-bond donors (Lipinski definition) is 1. The van der Waals surface area contributed by atoms with Gasteiger partial charge in [0.1, 0.15) is 0 Å². The summed E-state index contributed by atoms with van der Waals surface area (Å²) in [6.07, 6.45) is 0. The van der Waals surface area contributed by atoms with Crippen LogP contribution in [0.25, 0.3) is 10.9 Å². The van der Waals surface area contributed by atoms with Crippen LogP contribution in [0.1, 0.15) is 17.4 Å². The van der Waals surface area contributed by atoms with E-state index < -0.39 is 12.6 Å². The number of nitrogens with one attached hydrogen (secondary N) is 1. The number of aromatic carboxylic acids is 1. The zero-order valence-corrected chi connectivity index (χ0v) is 9.91. The van der Waals surface area contributed by atoms with Gasteiger partial charge >= 0.3 is 6.61 Å². The van der Waals surface area contributed by atoms with E-state index in [1.807, 2.05) is 0 Å². The maximum Gasteiger partial charge on any atom is 0.387 e. The van der Waals surface area contributed by atoms with Crippen molar-refractivity contribution >= 4 is 16.9 Å². The zero-order chi connectivity index (χ0) is 14.0. The van der Waals surface area contributed by atoms with Crippen LogP contribution in [-0.2, 0) is 0 Å². The quantitative estimate of drug-likeness (QED) is 0.894. The number of carbonyl (C=O) groups excluding carboxylic acids is 1. The lowest BCUT2D eigenvalue weighted by Gasteiger charge is -2.11. The Balaban J connectivity index is 2.60. The third kappa shape index (κ3) is 2.59. The highest BCUT2D eigenvalue weighted by molar-refractivity contribution is 5.96. The summed E-state index contributed by atoms with van der Waals surface area (Å²) in [6.45, 7) is -1.07. The summed E-state index contributed by atoms with van der Waals surface area (Å²) in [5.41, 5.74) is 0.126. The zero-order valence-electron chi connectivity index (χ0n) is 9.91. The van der Waals surface area contributed by atoms with E-state index >= 15 is 0 Å². The summed E-state index contributed by atoms with van der Waals surface area (Å²) in [5, 5.41) is 11.0. The highest BCUT2D eigenvalue weighted by atomic mass is 19.3. The number of carboxylic acid groups (broad SMARTS) is 1. The van der Waals surface area contributed by atoms with Gasteiger partial charge in [0.25, 0.3) is 0 Å². The van der Waals surface area contributed by atoms with Crippen molar-refractivity contribution in [3.63, 3.8) is 0 Å². The molecule has 1 aromatic carbocycles. The standard InChI is InChI=1S/C12H11F2NO4/c1-2-18-9-4-3-7-6(10(9)19-12(13)14)5-8(15-7)11(16)17/h3-5,12,15H,2H2,1H3,(H,16,17)/p-1. The number of ether oxygens (including phenoxy) is 2. The van der Waals surface area contributed by atoms with Crippen LogP contribution >= 0.6 is 0 Å². The lowest BCUT2D eigenvalue weighted by Crippen LogP contribution is -2.22. The number of fused-ring (bicyclic) bond motifs is 1. The molecular weight excluding hydrogens is 260 g/mol. The van der Waals surface area contributed by atoms with E-state index in [-0.39, 0.29) is 29.2 Å². The molecule has 0 bridgehead atoms. The Hall–Kier alpha value is -2.31. The van der Waals surface area contributed by atoms with Crippen molar-refractivity contribution in [2.24, 2.45) is 0 Å². The van der Waals surface area contributed by atoms with E-state index in [9.17, 15) is 18.7 Å². The number of alkyl halides is 2. The molecule has 0 saturated heterocycles. The molecule has 1 N–H and O–H groups in total. The van der Waals surface area contributed by atoms with Crippen molar-refractivity contribution in [3.8, 4) is 11.5 Å². The van der Waals surface area contributed by atoms with Gasteiger partial charge in [0.15, 0.2) is 11.5 Å². The molecule has 7 heteroatoms. The maximum atomic E-state index is 12.4. The van der Waals surface area contributed by atoms with Crippen LogP contribution in [0.4, 0.5) is 8.78 Å². The van der Waals surface area contributed by atoms with Gasteiger partial charge in [0, 0.05) is 10.9 Å². The molecule has 1 aromatic heterocycles. The van der Waals surface area contributed by atoms with Crippen LogP contribution in [0.15, 0.2) is 18.2 Å². The molecule has 5 nitrogen and oxygen atoms in total. The molecular formula is C12H10F2NO4-. The number of aromatic amines is 1. The van der Waals surface area contributed by atoms with Gasteiger partial charge < -0.3 is 24.4 Å². The fourth-order valence-electron chi connectivity index (χ4n) is 1.75. The Labute approximate surface area is 106 Å². The van der Waals surface area contributed by atoms with E-state index in [0.717, 1.165) is 0 Å². The normalized spacial score (nSPS) is 10.9. The first-order valence-corrected chi connectivity index (χ1v) is 5.47. The molecule has 0 spiro atoms. The number of carboxylic acids is 1. The van der Waals surface area contributed by atoms with Crippen LogP contribution in [0.2, 0.25) is 0 Å². The van der Waals surface area contributed by atoms with Gasteiger partial charge in [-0.05, 0) is 25.1 Å². The molecule has 2 aromatic rings. The van der Waals surface area contributed by atoms with Gasteiger partial charge in [-0.3, -0.25) is 0 Å². The van der Waals surface area contributed by atoms with Gasteiger partial charge in [-0.15, -0.1) is 0 Å². The maximum absolute atomic E-state index is 12.4. The van der Waals surface area contributed by atoms with E-state index in [1.54, 1.807) is 6.92 Å². The van der Waals surface area contributed by atoms with Crippen molar-refractivity contribution in [2.45, 2.75) is 13.5 Å². The van der Waals surface area contributed by atoms with Crippen LogP contribution in [-0.4, -0.2) is 24.2 Å². The average Bonchev–Trinajstić information content (AvgIpc) is 2.76. The van der Waals surface area contributed by atoms with E-state index in [1.165, 1.54) is 18.2 Å². The minimum Gasteiger partial charge on any atom is -0.543 e. The minimum absolute atomic E-state index is 0.124. The molecule has 0 atom stereocenters. The Kier molecular flexibility index (Phi) is 3.55. The van der Waals surface area contributed by atoms with Crippen LogP contribution < -0.4 is 14.6 Å². The molecule has 0 saturated carbocycles. The molecule has 0 aliphatic heterocycles. The first-order chi connectivity index (χ1) is 9.02. The summed E-state index contributed by atoms with van der Waals surface area (Å²) in [6, 6.07) is 4.12. The van der Waals surface area contributed by atoms with Gasteiger partial charge in [-0.25, -0.2) is 0 Å². The molecule has 1 heterocycles. The van der Waals surface area contributed by atoms with Crippen molar-refractivity contribution in [3.05, 3.63) is 23.9 Å². The van der Waals surface area contributed by atoms with Crippen molar-refractivity contribution in [2.75, 3.05) is 6.61 Å². The second-order valence-electron chi connectivity index (χ2n) is 3.64. The fourth-order valence-corrected chi connectivity index (χ4v) is 1.75. The number of H-pyrrole nitrogens is 1. The smallest absolute Gasteiger partial charge is 0.387 e. The monoisotopic (exact) mass is 270 g/mol. The van der Waals surface area contributed by atoms with Crippen LogP contribution in [0.3, 0.4) is 0 Å². The third-order valence-corrected chi connectivity index (χ3v) is 2.44. The predicted molar refractivity (Wildman–Crippen MR) is 60.4 cm³/mol. The summed E-state index contributed by atoms with van der Waals surface area (Å²) >= 11 is 0. The minimum atomic E-state index is -3.04. The Morgan fingerprint density at radius 1 is 1.47 bits per heavy atom. The van der Waals surface area contributed by atoms with E-state index in [4.69, 9.17) is 4.74 Å². The summed E-state index contributed by atoms with van der Waals surface area (Å²) in [7, 11) is 0. The number of halogens is 2. The second-order valence-corrected chi connectivity index (χ2v) is 3.64.